The van der Waals surface area contributed by atoms with Crippen molar-refractivity contribution in [2.45, 2.75) is 19.8 Å². The summed E-state index contributed by atoms with van der Waals surface area (Å²) in [4.78, 5) is 0. The molecule has 0 saturated heterocycles. The molecule has 3 nitrogen and oxygen atoms in total. The highest BCUT2D eigenvalue weighted by Crippen LogP contribution is 2.32. The highest BCUT2D eigenvalue weighted by atomic mass is 16.3. The number of hydrogen-bond acceptors (Lipinski definition) is 2. The number of aliphatic hydroxyl groups excluding tert-OH is 1. The van der Waals surface area contributed by atoms with Crippen LogP contribution in [0.15, 0.2) is 36.7 Å². The average Bonchev–Trinajstić information content (AvgIpc) is 2.84. The van der Waals surface area contributed by atoms with Crippen LogP contribution in [0, 0.1) is 6.92 Å². The standard InChI is InChI=1S/C14H17NO2/c1-10-7-12(11(2)9-16)14(17)13(8-10)15-5-3-4-6-15/h3-8,11,16-17H,9H2,1-2H3. The second-order valence-corrected chi connectivity index (χ2v) is 4.40. The molecule has 0 amide bonds. The molecule has 90 valence electrons. The molecule has 1 atom stereocenters. The molecule has 1 unspecified atom stereocenters. The van der Waals surface area contributed by atoms with E-state index in [2.05, 4.69) is 0 Å². The molecule has 2 rings (SSSR count). The molecule has 2 N–H and O–H groups in total. The lowest BCUT2D eigenvalue weighted by Gasteiger charge is -2.16. The molecule has 0 spiro atoms. The van der Waals surface area contributed by atoms with E-state index in [4.69, 9.17) is 0 Å². The normalized spacial score (nSPS) is 12.6. The van der Waals surface area contributed by atoms with Crippen LogP contribution in [0.2, 0.25) is 0 Å². The topological polar surface area (TPSA) is 45.4 Å². The highest BCUT2D eigenvalue weighted by molar-refractivity contribution is 5.54. The van der Waals surface area contributed by atoms with E-state index in [1.165, 1.54) is 0 Å². The van der Waals surface area contributed by atoms with Crippen molar-refractivity contribution in [3.05, 3.63) is 47.8 Å². The van der Waals surface area contributed by atoms with Crippen LogP contribution in [0.5, 0.6) is 5.75 Å². The quantitative estimate of drug-likeness (QED) is 0.852. The van der Waals surface area contributed by atoms with Crippen LogP contribution in [-0.4, -0.2) is 21.4 Å². The molecular weight excluding hydrogens is 214 g/mol. The molecule has 0 saturated carbocycles. The van der Waals surface area contributed by atoms with Gasteiger partial charge in [-0.1, -0.05) is 13.0 Å². The molecule has 0 radical (unpaired) electrons. The minimum atomic E-state index is -0.0655. The van der Waals surface area contributed by atoms with Gasteiger partial charge in [0.25, 0.3) is 0 Å². The predicted octanol–water partition coefficient (Wildman–Crippen LogP) is 2.59. The van der Waals surface area contributed by atoms with Crippen LogP contribution in [0.4, 0.5) is 0 Å². The maximum absolute atomic E-state index is 10.3. The molecule has 0 aliphatic rings. The molecule has 1 heterocycles. The van der Waals surface area contributed by atoms with Crippen molar-refractivity contribution in [2.75, 3.05) is 6.61 Å². The van der Waals surface area contributed by atoms with Crippen LogP contribution in [-0.2, 0) is 0 Å². The summed E-state index contributed by atoms with van der Waals surface area (Å²) in [5.41, 5.74) is 2.61. The number of aryl methyl sites for hydroxylation is 1. The van der Waals surface area contributed by atoms with E-state index in [1.807, 2.05) is 55.1 Å². The highest BCUT2D eigenvalue weighted by Gasteiger charge is 2.14. The van der Waals surface area contributed by atoms with Gasteiger partial charge in [-0.15, -0.1) is 0 Å². The molecule has 17 heavy (non-hydrogen) atoms. The minimum Gasteiger partial charge on any atom is -0.505 e. The van der Waals surface area contributed by atoms with E-state index < -0.39 is 0 Å². The van der Waals surface area contributed by atoms with Crippen molar-refractivity contribution in [3.8, 4) is 11.4 Å². The largest absolute Gasteiger partial charge is 0.505 e. The van der Waals surface area contributed by atoms with Gasteiger partial charge in [0.05, 0.1) is 5.69 Å². The van der Waals surface area contributed by atoms with Crippen molar-refractivity contribution in [2.24, 2.45) is 0 Å². The Morgan fingerprint density at radius 1 is 1.24 bits per heavy atom. The van der Waals surface area contributed by atoms with E-state index >= 15 is 0 Å². The molecule has 1 aromatic heterocycles. The summed E-state index contributed by atoms with van der Waals surface area (Å²) in [6.07, 6.45) is 3.78. The zero-order valence-corrected chi connectivity index (χ0v) is 10.1. The maximum atomic E-state index is 10.3. The number of phenols is 1. The Bertz CT molecular complexity index is 503. The SMILES string of the molecule is Cc1cc(C(C)CO)c(O)c(-n2cccc2)c1. The van der Waals surface area contributed by atoms with Gasteiger partial charge < -0.3 is 14.8 Å². The van der Waals surface area contributed by atoms with Crippen molar-refractivity contribution >= 4 is 0 Å². The van der Waals surface area contributed by atoms with E-state index in [1.54, 1.807) is 0 Å². The van der Waals surface area contributed by atoms with Gasteiger partial charge in [0, 0.05) is 30.5 Å². The van der Waals surface area contributed by atoms with Crippen LogP contribution < -0.4 is 0 Å². The van der Waals surface area contributed by atoms with E-state index in [-0.39, 0.29) is 18.3 Å². The number of nitrogens with zero attached hydrogens (tertiary/aromatic N) is 1. The summed E-state index contributed by atoms with van der Waals surface area (Å²) in [7, 11) is 0. The molecule has 2 aromatic rings. The summed E-state index contributed by atoms with van der Waals surface area (Å²) in [5.74, 6) is 0.178. The fraction of sp³-hybridized carbons (Fsp3) is 0.286. The van der Waals surface area contributed by atoms with Gasteiger partial charge in [-0.3, -0.25) is 0 Å². The lowest BCUT2D eigenvalue weighted by Crippen LogP contribution is -2.02. The van der Waals surface area contributed by atoms with E-state index in [0.717, 1.165) is 16.8 Å². The first-order chi connectivity index (χ1) is 8.13. The van der Waals surface area contributed by atoms with Crippen LogP contribution >= 0.6 is 0 Å². The van der Waals surface area contributed by atoms with Gasteiger partial charge >= 0.3 is 0 Å². The zero-order chi connectivity index (χ0) is 12.4. The molecule has 0 bridgehead atoms. The van der Waals surface area contributed by atoms with Gasteiger partial charge in [-0.05, 0) is 30.7 Å². The van der Waals surface area contributed by atoms with Gasteiger partial charge in [-0.25, -0.2) is 0 Å². The van der Waals surface area contributed by atoms with Gasteiger partial charge in [0.1, 0.15) is 5.75 Å². The monoisotopic (exact) mass is 231 g/mol. The van der Waals surface area contributed by atoms with Gasteiger partial charge in [0.2, 0.25) is 0 Å². The Hall–Kier alpha value is -1.74. The zero-order valence-electron chi connectivity index (χ0n) is 10.1. The minimum absolute atomic E-state index is 0.0299. The molecule has 3 heteroatoms. The van der Waals surface area contributed by atoms with E-state index in [9.17, 15) is 10.2 Å². The fourth-order valence-corrected chi connectivity index (χ4v) is 1.95. The molecular formula is C14H17NO2. The predicted molar refractivity (Wildman–Crippen MR) is 67.7 cm³/mol. The number of benzene rings is 1. The molecule has 0 fully saturated rings. The van der Waals surface area contributed by atoms with Crippen molar-refractivity contribution in [3.63, 3.8) is 0 Å². The third kappa shape index (κ3) is 2.19. The Kier molecular flexibility index (Phi) is 3.20. The van der Waals surface area contributed by atoms with Crippen LogP contribution in [0.25, 0.3) is 5.69 Å². The second-order valence-electron chi connectivity index (χ2n) is 4.40. The summed E-state index contributed by atoms with van der Waals surface area (Å²) in [6.45, 7) is 3.91. The molecule has 0 aliphatic carbocycles. The first kappa shape index (κ1) is 11.7. The summed E-state index contributed by atoms with van der Waals surface area (Å²) in [5, 5.41) is 19.5. The number of aromatic nitrogens is 1. The summed E-state index contributed by atoms with van der Waals surface area (Å²) in [6, 6.07) is 7.68. The summed E-state index contributed by atoms with van der Waals surface area (Å²) < 4.78 is 1.87. The van der Waals surface area contributed by atoms with E-state index in [0.29, 0.717) is 0 Å². The smallest absolute Gasteiger partial charge is 0.143 e. The Labute approximate surface area is 101 Å². The van der Waals surface area contributed by atoms with Crippen LogP contribution in [0.1, 0.15) is 24.0 Å². The average molecular weight is 231 g/mol. The van der Waals surface area contributed by atoms with Gasteiger partial charge in [0.15, 0.2) is 0 Å². The van der Waals surface area contributed by atoms with Crippen molar-refractivity contribution < 1.29 is 10.2 Å². The van der Waals surface area contributed by atoms with Gasteiger partial charge in [-0.2, -0.15) is 0 Å². The number of rotatable bonds is 3. The lowest BCUT2D eigenvalue weighted by molar-refractivity contribution is 0.270. The number of hydrogen-bond donors (Lipinski definition) is 2. The second kappa shape index (κ2) is 4.63. The first-order valence-electron chi connectivity index (χ1n) is 5.71. The molecule has 1 aromatic carbocycles. The number of phenolic OH excluding ortho intramolecular Hbond substituents is 1. The Balaban J connectivity index is 2.57. The maximum Gasteiger partial charge on any atom is 0.143 e. The third-order valence-corrected chi connectivity index (χ3v) is 2.95. The Morgan fingerprint density at radius 2 is 1.88 bits per heavy atom. The third-order valence-electron chi connectivity index (χ3n) is 2.95. The van der Waals surface area contributed by atoms with Crippen LogP contribution in [0.3, 0.4) is 0 Å². The molecule has 0 aliphatic heterocycles. The first-order valence-corrected chi connectivity index (χ1v) is 5.71. The number of aromatic hydroxyl groups is 1. The summed E-state index contributed by atoms with van der Waals surface area (Å²) >= 11 is 0. The number of aliphatic hydroxyl groups is 1. The fourth-order valence-electron chi connectivity index (χ4n) is 1.95. The Morgan fingerprint density at radius 3 is 2.47 bits per heavy atom. The lowest BCUT2D eigenvalue weighted by atomic mass is 9.98. The van der Waals surface area contributed by atoms with Crippen molar-refractivity contribution in [1.29, 1.82) is 0 Å². The van der Waals surface area contributed by atoms with Crippen molar-refractivity contribution in [1.82, 2.24) is 4.57 Å².